The Morgan fingerprint density at radius 1 is 0.824 bits per heavy atom. The Morgan fingerprint density at radius 3 is 1.94 bits per heavy atom. The van der Waals surface area contributed by atoms with Gasteiger partial charge in [0, 0.05) is 61.2 Å². The van der Waals surface area contributed by atoms with Gasteiger partial charge in [-0.05, 0) is 95.0 Å². The van der Waals surface area contributed by atoms with E-state index in [0.717, 1.165) is 73.4 Å². The van der Waals surface area contributed by atoms with E-state index in [0.29, 0.717) is 28.7 Å². The van der Waals surface area contributed by atoms with Gasteiger partial charge in [-0.2, -0.15) is 31.4 Å². The van der Waals surface area contributed by atoms with Crippen LogP contribution in [0.2, 0.25) is 0 Å². The van der Waals surface area contributed by atoms with Crippen LogP contribution in [0.5, 0.6) is 0 Å². The minimum absolute atomic E-state index is 0.0468. The monoisotopic (exact) mass is 712 g/mol. The van der Waals surface area contributed by atoms with E-state index in [1.165, 1.54) is 18.7 Å². The second-order valence-electron chi connectivity index (χ2n) is 14.7. The SMILES string of the molecule is Cc1nn(C(C)(C)C)c2nc(N(CC3CC3)CC3CC3)c(CN(Cc3cc(C(F)(F)F)cc(C(F)(F)F)c3)c3ncc(-c4ccon4)cn3)cc12. The smallest absolute Gasteiger partial charge is 0.364 e. The molecule has 0 saturated heterocycles. The number of aromatic nitrogens is 6. The number of nitrogens with zero attached hydrogens (tertiary/aromatic N) is 8. The zero-order valence-electron chi connectivity index (χ0n) is 28.7. The van der Waals surface area contributed by atoms with E-state index in [9.17, 15) is 26.3 Å². The van der Waals surface area contributed by atoms with Crippen molar-refractivity contribution >= 4 is 22.8 Å². The van der Waals surface area contributed by atoms with Crippen LogP contribution in [0.25, 0.3) is 22.3 Å². The molecule has 0 radical (unpaired) electrons. The van der Waals surface area contributed by atoms with Gasteiger partial charge >= 0.3 is 12.4 Å². The molecule has 2 saturated carbocycles. The molecular formula is C36H38F6N8O. The Labute approximate surface area is 290 Å². The zero-order valence-corrected chi connectivity index (χ0v) is 28.7. The van der Waals surface area contributed by atoms with Crippen molar-refractivity contribution in [2.24, 2.45) is 11.8 Å². The molecule has 2 aliphatic carbocycles. The summed E-state index contributed by atoms with van der Waals surface area (Å²) >= 11 is 0. The first-order valence-corrected chi connectivity index (χ1v) is 16.9. The summed E-state index contributed by atoms with van der Waals surface area (Å²) in [4.78, 5) is 18.2. The highest BCUT2D eigenvalue weighted by Gasteiger charge is 2.38. The first-order chi connectivity index (χ1) is 24.0. The van der Waals surface area contributed by atoms with Gasteiger partial charge in [0.25, 0.3) is 0 Å². The first kappa shape index (κ1) is 34.7. The maximum atomic E-state index is 13.9. The lowest BCUT2D eigenvalue weighted by molar-refractivity contribution is -0.143. The largest absolute Gasteiger partial charge is 0.416 e. The van der Waals surface area contributed by atoms with Gasteiger partial charge in [-0.25, -0.2) is 19.6 Å². The molecule has 9 nitrogen and oxygen atoms in total. The number of halogens is 6. The Kier molecular flexibility index (Phi) is 8.73. The van der Waals surface area contributed by atoms with Crippen molar-refractivity contribution in [1.82, 2.24) is 29.9 Å². The molecular weight excluding hydrogens is 674 g/mol. The molecule has 0 bridgehead atoms. The second-order valence-corrected chi connectivity index (χ2v) is 14.7. The molecule has 2 aliphatic rings. The van der Waals surface area contributed by atoms with Gasteiger partial charge in [0.15, 0.2) is 5.65 Å². The lowest BCUT2D eigenvalue weighted by Crippen LogP contribution is -2.32. The number of aryl methyl sites for hydroxylation is 1. The van der Waals surface area contributed by atoms with Gasteiger partial charge in [-0.15, -0.1) is 0 Å². The van der Waals surface area contributed by atoms with Crippen LogP contribution < -0.4 is 9.80 Å². The summed E-state index contributed by atoms with van der Waals surface area (Å²) in [6.45, 7) is 9.34. The molecule has 0 spiro atoms. The molecule has 0 atom stereocenters. The highest BCUT2D eigenvalue weighted by atomic mass is 19.4. The summed E-state index contributed by atoms with van der Waals surface area (Å²) in [5.41, 5.74) is -0.131. The van der Waals surface area contributed by atoms with E-state index in [1.54, 1.807) is 11.0 Å². The highest BCUT2D eigenvalue weighted by Crippen LogP contribution is 2.40. The van der Waals surface area contributed by atoms with Crippen molar-refractivity contribution in [2.45, 2.75) is 84.4 Å². The normalized spacial score (nSPS) is 15.5. The maximum absolute atomic E-state index is 13.9. The van der Waals surface area contributed by atoms with Crippen LogP contribution in [0.1, 0.15) is 74.4 Å². The Bertz CT molecular complexity index is 1960. The fourth-order valence-corrected chi connectivity index (χ4v) is 6.26. The van der Waals surface area contributed by atoms with Crippen LogP contribution >= 0.6 is 0 Å². The van der Waals surface area contributed by atoms with E-state index >= 15 is 0 Å². The van der Waals surface area contributed by atoms with Gasteiger partial charge in [0.2, 0.25) is 5.95 Å². The fourth-order valence-electron chi connectivity index (χ4n) is 6.26. The summed E-state index contributed by atoms with van der Waals surface area (Å²) < 4.78 is 90.3. The maximum Gasteiger partial charge on any atom is 0.416 e. The number of benzene rings is 1. The van der Waals surface area contributed by atoms with E-state index < -0.39 is 23.5 Å². The molecule has 0 N–H and O–H groups in total. The van der Waals surface area contributed by atoms with Gasteiger partial charge in [-0.1, -0.05) is 5.16 Å². The molecule has 51 heavy (non-hydrogen) atoms. The number of hydrogen-bond donors (Lipinski definition) is 0. The summed E-state index contributed by atoms with van der Waals surface area (Å²) in [6.07, 6.45) is -1.13. The molecule has 4 aromatic heterocycles. The lowest BCUT2D eigenvalue weighted by Gasteiger charge is -2.30. The molecule has 0 unspecified atom stereocenters. The summed E-state index contributed by atoms with van der Waals surface area (Å²) in [7, 11) is 0. The van der Waals surface area contributed by atoms with Gasteiger partial charge in [-0.3, -0.25) is 0 Å². The predicted octanol–water partition coefficient (Wildman–Crippen LogP) is 8.81. The molecule has 4 heterocycles. The topological polar surface area (TPSA) is 89.0 Å². The average molecular weight is 713 g/mol. The minimum Gasteiger partial charge on any atom is -0.364 e. The third-order valence-corrected chi connectivity index (χ3v) is 9.22. The van der Waals surface area contributed by atoms with Crippen LogP contribution in [-0.4, -0.2) is 43.0 Å². The molecule has 0 amide bonds. The number of fused-ring (bicyclic) bond motifs is 1. The lowest BCUT2D eigenvalue weighted by atomic mass is 10.0. The third-order valence-electron chi connectivity index (χ3n) is 9.22. The number of hydrogen-bond acceptors (Lipinski definition) is 8. The second kappa shape index (κ2) is 12.8. The molecule has 1 aromatic carbocycles. The predicted molar refractivity (Wildman–Crippen MR) is 179 cm³/mol. The molecule has 15 heteroatoms. The Morgan fingerprint density at radius 2 is 1.43 bits per heavy atom. The Balaban J connectivity index is 1.36. The number of rotatable bonds is 11. The van der Waals surface area contributed by atoms with E-state index in [2.05, 4.69) is 20.0 Å². The van der Waals surface area contributed by atoms with Gasteiger partial charge in [0.05, 0.1) is 22.4 Å². The van der Waals surface area contributed by atoms with Crippen LogP contribution in [0.4, 0.5) is 38.1 Å². The van der Waals surface area contributed by atoms with Crippen LogP contribution in [0, 0.1) is 18.8 Å². The Hall–Kier alpha value is -4.69. The molecule has 2 fully saturated rings. The van der Waals surface area contributed by atoms with E-state index in [4.69, 9.17) is 14.6 Å². The van der Waals surface area contributed by atoms with Crippen molar-refractivity contribution in [3.05, 3.63) is 76.9 Å². The van der Waals surface area contributed by atoms with Crippen LogP contribution in [-0.2, 0) is 31.0 Å². The first-order valence-electron chi connectivity index (χ1n) is 16.9. The molecule has 7 rings (SSSR count). The van der Waals surface area contributed by atoms with Crippen LogP contribution in [0.3, 0.4) is 0 Å². The number of anilines is 2. The summed E-state index contributed by atoms with van der Waals surface area (Å²) in [5.74, 6) is 1.88. The van der Waals surface area contributed by atoms with Crippen molar-refractivity contribution in [1.29, 1.82) is 0 Å². The van der Waals surface area contributed by atoms with E-state index in [-0.39, 0.29) is 36.2 Å². The third kappa shape index (κ3) is 7.81. The standard InChI is InChI=1S/C36H38F6N8O/c1-21-29-13-25(31(45-32(29)50(46-21)34(2,3)4)48(17-22-5-6-22)18-23-7-8-23)20-49(33-43-15-26(16-44-33)30-9-10-51-47-30)19-24-11-27(35(37,38)39)14-28(12-24)36(40,41)42/h9-16,22-23H,5-8,17-20H2,1-4H3. The summed E-state index contributed by atoms with van der Waals surface area (Å²) in [5, 5.41) is 9.53. The van der Waals surface area contributed by atoms with Crippen molar-refractivity contribution in [2.75, 3.05) is 22.9 Å². The van der Waals surface area contributed by atoms with Gasteiger partial charge in [0.1, 0.15) is 17.8 Å². The van der Waals surface area contributed by atoms with Crippen molar-refractivity contribution in [3.63, 3.8) is 0 Å². The van der Waals surface area contributed by atoms with Gasteiger partial charge < -0.3 is 14.3 Å². The van der Waals surface area contributed by atoms with Crippen LogP contribution in [0.15, 0.2) is 53.5 Å². The number of alkyl halides is 6. The quantitative estimate of drug-likeness (QED) is 0.126. The van der Waals surface area contributed by atoms with Crippen molar-refractivity contribution < 1.29 is 30.9 Å². The minimum atomic E-state index is -4.99. The molecule has 5 aromatic rings. The molecule has 0 aliphatic heterocycles. The summed E-state index contributed by atoms with van der Waals surface area (Å²) in [6, 6.07) is 5.26. The average Bonchev–Trinajstić information content (AvgIpc) is 3.97. The molecule has 270 valence electrons. The van der Waals surface area contributed by atoms with E-state index in [1.807, 2.05) is 38.4 Å². The number of pyridine rings is 1. The van der Waals surface area contributed by atoms with Crippen molar-refractivity contribution in [3.8, 4) is 11.3 Å². The zero-order chi connectivity index (χ0) is 36.3. The fraction of sp³-hybridized carbons (Fsp3) is 0.472. The highest BCUT2D eigenvalue weighted by molar-refractivity contribution is 5.82.